The van der Waals surface area contributed by atoms with E-state index >= 15 is 0 Å². The highest BCUT2D eigenvalue weighted by atomic mass is 16.5. The molecule has 0 saturated carbocycles. The number of benzene rings is 2. The van der Waals surface area contributed by atoms with Crippen molar-refractivity contribution in [3.8, 4) is 5.75 Å². The van der Waals surface area contributed by atoms with Crippen molar-refractivity contribution in [2.24, 2.45) is 5.73 Å². The molecule has 0 fully saturated rings. The fourth-order valence-electron chi connectivity index (χ4n) is 2.70. The minimum absolute atomic E-state index is 0.131. The fraction of sp³-hybridized carbons (Fsp3) is 0.250. The quantitative estimate of drug-likeness (QED) is 0.884. The van der Waals surface area contributed by atoms with Crippen LogP contribution >= 0.6 is 0 Å². The molecule has 0 aromatic heterocycles. The number of ether oxygens (including phenoxy) is 1. The maximum Gasteiger partial charge on any atom is 0.119 e. The van der Waals surface area contributed by atoms with Gasteiger partial charge in [0, 0.05) is 11.7 Å². The van der Waals surface area contributed by atoms with E-state index in [9.17, 15) is 0 Å². The van der Waals surface area contributed by atoms with Crippen LogP contribution in [0.4, 0.5) is 5.69 Å². The standard InChI is InChI=1S/C16H18N2O/c1-19-12-8-6-11(7-9-12)18-16-10-15(17)13-4-2-3-5-14(13)16/h2-9,15-16,18H,10,17H2,1H3. The largest absolute Gasteiger partial charge is 0.497 e. The lowest BCUT2D eigenvalue weighted by Gasteiger charge is -2.15. The molecule has 0 bridgehead atoms. The maximum absolute atomic E-state index is 6.18. The van der Waals surface area contributed by atoms with Gasteiger partial charge in [0.2, 0.25) is 0 Å². The maximum atomic E-state index is 6.18. The van der Waals surface area contributed by atoms with Gasteiger partial charge in [-0.15, -0.1) is 0 Å². The van der Waals surface area contributed by atoms with Crippen LogP contribution in [0.3, 0.4) is 0 Å². The van der Waals surface area contributed by atoms with E-state index in [1.165, 1.54) is 11.1 Å². The van der Waals surface area contributed by atoms with Gasteiger partial charge < -0.3 is 15.8 Å². The van der Waals surface area contributed by atoms with Crippen LogP contribution in [-0.2, 0) is 0 Å². The van der Waals surface area contributed by atoms with Gasteiger partial charge in [-0.3, -0.25) is 0 Å². The molecule has 0 heterocycles. The Bertz CT molecular complexity index is 565. The van der Waals surface area contributed by atoms with Crippen LogP contribution in [0.1, 0.15) is 29.6 Å². The summed E-state index contributed by atoms with van der Waals surface area (Å²) in [6.07, 6.45) is 0.936. The van der Waals surface area contributed by atoms with Gasteiger partial charge >= 0.3 is 0 Å². The topological polar surface area (TPSA) is 47.3 Å². The molecule has 1 aliphatic carbocycles. The first-order chi connectivity index (χ1) is 9.28. The molecule has 0 spiro atoms. The predicted molar refractivity (Wildman–Crippen MR) is 77.3 cm³/mol. The number of fused-ring (bicyclic) bond motifs is 1. The van der Waals surface area contributed by atoms with E-state index < -0.39 is 0 Å². The number of hydrogen-bond acceptors (Lipinski definition) is 3. The smallest absolute Gasteiger partial charge is 0.119 e. The third-order valence-electron chi connectivity index (χ3n) is 3.69. The average molecular weight is 254 g/mol. The summed E-state index contributed by atoms with van der Waals surface area (Å²) in [6.45, 7) is 0. The molecule has 3 N–H and O–H groups in total. The van der Waals surface area contributed by atoms with Crippen LogP contribution in [0.25, 0.3) is 0 Å². The van der Waals surface area contributed by atoms with Crippen LogP contribution in [-0.4, -0.2) is 7.11 Å². The van der Waals surface area contributed by atoms with Gasteiger partial charge in [0.05, 0.1) is 13.2 Å². The summed E-state index contributed by atoms with van der Waals surface area (Å²) in [4.78, 5) is 0. The lowest BCUT2D eigenvalue weighted by Crippen LogP contribution is -2.09. The molecule has 0 saturated heterocycles. The third-order valence-corrected chi connectivity index (χ3v) is 3.69. The van der Waals surface area contributed by atoms with Crippen molar-refractivity contribution in [1.29, 1.82) is 0 Å². The number of anilines is 1. The zero-order chi connectivity index (χ0) is 13.2. The van der Waals surface area contributed by atoms with Crippen LogP contribution in [0.5, 0.6) is 5.75 Å². The first-order valence-corrected chi connectivity index (χ1v) is 6.53. The molecule has 0 radical (unpaired) electrons. The number of hydrogen-bond donors (Lipinski definition) is 2. The van der Waals surface area contributed by atoms with Crippen molar-refractivity contribution in [2.75, 3.05) is 12.4 Å². The summed E-state index contributed by atoms with van der Waals surface area (Å²) < 4.78 is 5.16. The lowest BCUT2D eigenvalue weighted by atomic mass is 10.1. The Morgan fingerprint density at radius 2 is 1.74 bits per heavy atom. The highest BCUT2D eigenvalue weighted by molar-refractivity contribution is 5.50. The molecule has 2 atom stereocenters. The Balaban J connectivity index is 1.81. The predicted octanol–water partition coefficient (Wildman–Crippen LogP) is 3.25. The minimum atomic E-state index is 0.131. The normalized spacial score (nSPS) is 20.9. The van der Waals surface area contributed by atoms with E-state index in [4.69, 9.17) is 10.5 Å². The van der Waals surface area contributed by atoms with Gasteiger partial charge in [-0.25, -0.2) is 0 Å². The highest BCUT2D eigenvalue weighted by Gasteiger charge is 2.27. The van der Waals surface area contributed by atoms with Gasteiger partial charge in [0.25, 0.3) is 0 Å². The second kappa shape index (κ2) is 4.94. The molecule has 98 valence electrons. The van der Waals surface area contributed by atoms with E-state index in [-0.39, 0.29) is 6.04 Å². The van der Waals surface area contributed by atoms with Gasteiger partial charge in [-0.05, 0) is 41.8 Å². The summed E-state index contributed by atoms with van der Waals surface area (Å²) in [5.41, 5.74) is 9.84. The molecule has 1 aliphatic rings. The number of nitrogens with two attached hydrogens (primary N) is 1. The molecule has 3 nitrogen and oxygen atoms in total. The molecule has 2 aromatic rings. The summed E-state index contributed by atoms with van der Waals surface area (Å²) in [7, 11) is 1.68. The molecular formula is C16H18N2O. The van der Waals surface area contributed by atoms with Crippen LogP contribution in [0.15, 0.2) is 48.5 Å². The zero-order valence-corrected chi connectivity index (χ0v) is 11.0. The van der Waals surface area contributed by atoms with Crippen molar-refractivity contribution in [1.82, 2.24) is 0 Å². The highest BCUT2D eigenvalue weighted by Crippen LogP contribution is 2.39. The van der Waals surface area contributed by atoms with Gasteiger partial charge in [-0.1, -0.05) is 24.3 Å². The second-order valence-electron chi connectivity index (χ2n) is 4.90. The Morgan fingerprint density at radius 3 is 2.42 bits per heavy atom. The first kappa shape index (κ1) is 12.1. The molecule has 3 heteroatoms. The molecular weight excluding hydrogens is 236 g/mol. The molecule has 3 rings (SSSR count). The van der Waals surface area contributed by atoms with E-state index in [1.807, 2.05) is 24.3 Å². The monoisotopic (exact) mass is 254 g/mol. The van der Waals surface area contributed by atoms with Crippen LogP contribution < -0.4 is 15.8 Å². The third kappa shape index (κ3) is 2.29. The van der Waals surface area contributed by atoms with Gasteiger partial charge in [0.1, 0.15) is 5.75 Å². The van der Waals surface area contributed by atoms with Crippen molar-refractivity contribution >= 4 is 5.69 Å². The van der Waals surface area contributed by atoms with Crippen molar-refractivity contribution in [3.63, 3.8) is 0 Å². The summed E-state index contributed by atoms with van der Waals surface area (Å²) in [5.74, 6) is 0.870. The van der Waals surface area contributed by atoms with Gasteiger partial charge in [0.15, 0.2) is 0 Å². The van der Waals surface area contributed by atoms with E-state index in [0.717, 1.165) is 17.9 Å². The van der Waals surface area contributed by atoms with Crippen molar-refractivity contribution < 1.29 is 4.74 Å². The summed E-state index contributed by atoms with van der Waals surface area (Å²) >= 11 is 0. The molecule has 19 heavy (non-hydrogen) atoms. The van der Waals surface area contributed by atoms with Crippen molar-refractivity contribution in [3.05, 3.63) is 59.7 Å². The molecule has 2 aromatic carbocycles. The molecule has 0 amide bonds. The summed E-state index contributed by atoms with van der Waals surface area (Å²) in [6, 6.07) is 16.8. The van der Waals surface area contributed by atoms with E-state index in [2.05, 4.69) is 29.6 Å². The average Bonchev–Trinajstić information content (AvgIpc) is 2.77. The number of methoxy groups -OCH3 is 1. The zero-order valence-electron chi connectivity index (χ0n) is 11.0. The Morgan fingerprint density at radius 1 is 1.05 bits per heavy atom. The van der Waals surface area contributed by atoms with E-state index in [0.29, 0.717) is 6.04 Å². The molecule has 2 unspecified atom stereocenters. The van der Waals surface area contributed by atoms with Crippen LogP contribution in [0.2, 0.25) is 0 Å². The number of nitrogens with one attached hydrogen (secondary N) is 1. The Hall–Kier alpha value is -2.00. The molecule has 0 aliphatic heterocycles. The van der Waals surface area contributed by atoms with Crippen LogP contribution in [0, 0.1) is 0 Å². The van der Waals surface area contributed by atoms with Crippen molar-refractivity contribution in [2.45, 2.75) is 18.5 Å². The summed E-state index contributed by atoms with van der Waals surface area (Å²) in [5, 5.41) is 3.54. The van der Waals surface area contributed by atoms with E-state index in [1.54, 1.807) is 7.11 Å². The minimum Gasteiger partial charge on any atom is -0.497 e. The number of rotatable bonds is 3. The SMILES string of the molecule is COc1ccc(NC2CC(N)c3ccccc32)cc1. The Labute approximate surface area is 113 Å². The Kier molecular flexibility index (Phi) is 3.13. The second-order valence-corrected chi connectivity index (χ2v) is 4.90. The lowest BCUT2D eigenvalue weighted by molar-refractivity contribution is 0.415. The fourth-order valence-corrected chi connectivity index (χ4v) is 2.70. The van der Waals surface area contributed by atoms with Gasteiger partial charge in [-0.2, -0.15) is 0 Å². The first-order valence-electron chi connectivity index (χ1n) is 6.53.